The topological polar surface area (TPSA) is 29.9 Å². The summed E-state index contributed by atoms with van der Waals surface area (Å²) in [5.74, 6) is 0.964. The molecule has 1 atom stereocenters. The second-order valence-electron chi connectivity index (χ2n) is 4.48. The summed E-state index contributed by atoms with van der Waals surface area (Å²) in [5.41, 5.74) is 2.39. The van der Waals surface area contributed by atoms with Crippen molar-refractivity contribution in [3.8, 4) is 0 Å². The molecule has 0 aliphatic rings. The number of anilines is 1. The van der Waals surface area contributed by atoms with E-state index < -0.39 is 0 Å². The van der Waals surface area contributed by atoms with Gasteiger partial charge < -0.3 is 9.88 Å². The van der Waals surface area contributed by atoms with Crippen LogP contribution in [-0.4, -0.2) is 16.1 Å². The van der Waals surface area contributed by atoms with Gasteiger partial charge in [-0.2, -0.15) is 0 Å². The minimum Gasteiger partial charge on any atom is -0.356 e. The Morgan fingerprint density at radius 2 is 1.94 bits per heavy atom. The SMILES string of the molecule is CCNc1nc(C)cn1C(CC)c1ccccc1. The first-order chi connectivity index (χ1) is 8.76. The molecule has 0 bridgehead atoms. The zero-order valence-corrected chi connectivity index (χ0v) is 11.4. The number of benzene rings is 1. The molecule has 96 valence electrons. The number of nitrogens with zero attached hydrogens (tertiary/aromatic N) is 2. The number of imidazole rings is 1. The van der Waals surface area contributed by atoms with Crippen LogP contribution in [0.15, 0.2) is 36.5 Å². The second kappa shape index (κ2) is 5.71. The summed E-state index contributed by atoms with van der Waals surface area (Å²) >= 11 is 0. The van der Waals surface area contributed by atoms with Crippen molar-refractivity contribution in [1.82, 2.24) is 9.55 Å². The van der Waals surface area contributed by atoms with E-state index in [1.54, 1.807) is 0 Å². The maximum Gasteiger partial charge on any atom is 0.203 e. The average molecular weight is 243 g/mol. The van der Waals surface area contributed by atoms with Crippen molar-refractivity contribution in [2.24, 2.45) is 0 Å². The van der Waals surface area contributed by atoms with Crippen LogP contribution >= 0.6 is 0 Å². The quantitative estimate of drug-likeness (QED) is 0.869. The minimum absolute atomic E-state index is 0.349. The van der Waals surface area contributed by atoms with Crippen LogP contribution in [-0.2, 0) is 0 Å². The highest BCUT2D eigenvalue weighted by molar-refractivity contribution is 5.32. The van der Waals surface area contributed by atoms with Gasteiger partial charge in [-0.05, 0) is 25.8 Å². The minimum atomic E-state index is 0.349. The Hall–Kier alpha value is -1.77. The van der Waals surface area contributed by atoms with Crippen LogP contribution in [0.2, 0.25) is 0 Å². The van der Waals surface area contributed by atoms with E-state index in [1.165, 1.54) is 5.56 Å². The van der Waals surface area contributed by atoms with Gasteiger partial charge in [0.25, 0.3) is 0 Å². The molecule has 1 aromatic heterocycles. The molecule has 18 heavy (non-hydrogen) atoms. The number of hydrogen-bond donors (Lipinski definition) is 1. The van der Waals surface area contributed by atoms with Crippen LogP contribution in [0.4, 0.5) is 5.95 Å². The Morgan fingerprint density at radius 1 is 1.22 bits per heavy atom. The molecule has 0 saturated carbocycles. The standard InChI is InChI=1S/C15H21N3/c1-4-14(13-9-7-6-8-10-13)18-11-12(3)17-15(18)16-5-2/h6-11,14H,4-5H2,1-3H3,(H,16,17). The van der Waals surface area contributed by atoms with E-state index in [2.05, 4.69) is 65.2 Å². The van der Waals surface area contributed by atoms with E-state index >= 15 is 0 Å². The number of rotatable bonds is 5. The molecule has 0 saturated heterocycles. The smallest absolute Gasteiger partial charge is 0.203 e. The zero-order valence-electron chi connectivity index (χ0n) is 11.4. The van der Waals surface area contributed by atoms with E-state index in [1.807, 2.05) is 6.92 Å². The fraction of sp³-hybridized carbons (Fsp3) is 0.400. The fourth-order valence-corrected chi connectivity index (χ4v) is 2.31. The van der Waals surface area contributed by atoms with Crippen molar-refractivity contribution < 1.29 is 0 Å². The molecular formula is C15H21N3. The summed E-state index contributed by atoms with van der Waals surface area (Å²) in [6.07, 6.45) is 3.18. The Labute approximate surface area is 109 Å². The molecule has 1 unspecified atom stereocenters. The van der Waals surface area contributed by atoms with E-state index in [0.717, 1.165) is 24.6 Å². The highest BCUT2D eigenvalue weighted by atomic mass is 15.2. The Bertz CT molecular complexity index is 488. The molecule has 2 aromatic rings. The number of aromatic nitrogens is 2. The average Bonchev–Trinajstić information content (AvgIpc) is 2.73. The first-order valence-electron chi connectivity index (χ1n) is 6.60. The number of nitrogens with one attached hydrogen (secondary N) is 1. The van der Waals surface area contributed by atoms with Gasteiger partial charge in [0.2, 0.25) is 5.95 Å². The van der Waals surface area contributed by atoms with Crippen LogP contribution in [0.1, 0.15) is 37.6 Å². The van der Waals surface area contributed by atoms with E-state index in [4.69, 9.17) is 0 Å². The third-order valence-corrected chi connectivity index (χ3v) is 3.09. The van der Waals surface area contributed by atoms with Crippen molar-refractivity contribution in [2.45, 2.75) is 33.2 Å². The van der Waals surface area contributed by atoms with Crippen LogP contribution < -0.4 is 5.32 Å². The maximum atomic E-state index is 4.55. The highest BCUT2D eigenvalue weighted by Crippen LogP contribution is 2.25. The van der Waals surface area contributed by atoms with Gasteiger partial charge in [0.1, 0.15) is 0 Å². The van der Waals surface area contributed by atoms with Gasteiger partial charge in [0.15, 0.2) is 0 Å². The molecule has 0 aliphatic heterocycles. The van der Waals surface area contributed by atoms with Crippen LogP contribution in [0.25, 0.3) is 0 Å². The molecule has 1 N–H and O–H groups in total. The third-order valence-electron chi connectivity index (χ3n) is 3.09. The van der Waals surface area contributed by atoms with E-state index in [0.29, 0.717) is 6.04 Å². The summed E-state index contributed by atoms with van der Waals surface area (Å²) in [6.45, 7) is 7.23. The lowest BCUT2D eigenvalue weighted by atomic mass is 10.0. The molecule has 0 spiro atoms. The molecule has 0 aliphatic carbocycles. The van der Waals surface area contributed by atoms with Gasteiger partial charge in [0.05, 0.1) is 11.7 Å². The largest absolute Gasteiger partial charge is 0.356 e. The van der Waals surface area contributed by atoms with Crippen molar-refractivity contribution in [2.75, 3.05) is 11.9 Å². The predicted molar refractivity (Wildman–Crippen MR) is 76.0 cm³/mol. The Kier molecular flexibility index (Phi) is 4.03. The van der Waals surface area contributed by atoms with Crippen LogP contribution in [0, 0.1) is 6.92 Å². The zero-order chi connectivity index (χ0) is 13.0. The second-order valence-corrected chi connectivity index (χ2v) is 4.48. The van der Waals surface area contributed by atoms with Crippen LogP contribution in [0.5, 0.6) is 0 Å². The van der Waals surface area contributed by atoms with Gasteiger partial charge in [-0.1, -0.05) is 37.3 Å². The highest BCUT2D eigenvalue weighted by Gasteiger charge is 2.15. The lowest BCUT2D eigenvalue weighted by Crippen LogP contribution is -2.13. The molecule has 1 heterocycles. The summed E-state index contributed by atoms with van der Waals surface area (Å²) in [5, 5.41) is 3.33. The van der Waals surface area contributed by atoms with Gasteiger partial charge >= 0.3 is 0 Å². The fourth-order valence-electron chi connectivity index (χ4n) is 2.31. The summed E-state index contributed by atoms with van der Waals surface area (Å²) in [4.78, 5) is 4.55. The summed E-state index contributed by atoms with van der Waals surface area (Å²) in [6, 6.07) is 10.9. The van der Waals surface area contributed by atoms with Gasteiger partial charge in [0, 0.05) is 12.7 Å². The lowest BCUT2D eigenvalue weighted by Gasteiger charge is -2.19. The molecule has 0 radical (unpaired) electrons. The Balaban J connectivity index is 2.38. The van der Waals surface area contributed by atoms with Gasteiger partial charge in [-0.15, -0.1) is 0 Å². The van der Waals surface area contributed by atoms with E-state index in [9.17, 15) is 0 Å². The first kappa shape index (κ1) is 12.7. The number of aryl methyl sites for hydroxylation is 1. The molecular weight excluding hydrogens is 222 g/mol. The molecule has 0 fully saturated rings. The summed E-state index contributed by atoms with van der Waals surface area (Å²) in [7, 11) is 0. The van der Waals surface area contributed by atoms with Crippen molar-refractivity contribution in [3.05, 3.63) is 47.8 Å². The number of hydrogen-bond acceptors (Lipinski definition) is 2. The predicted octanol–water partition coefficient (Wildman–Crippen LogP) is 3.62. The monoisotopic (exact) mass is 243 g/mol. The van der Waals surface area contributed by atoms with Gasteiger partial charge in [-0.3, -0.25) is 0 Å². The molecule has 2 rings (SSSR count). The van der Waals surface area contributed by atoms with Crippen molar-refractivity contribution in [1.29, 1.82) is 0 Å². The summed E-state index contributed by atoms with van der Waals surface area (Å²) < 4.78 is 2.24. The first-order valence-corrected chi connectivity index (χ1v) is 6.60. The maximum absolute atomic E-state index is 4.55. The molecule has 3 heteroatoms. The molecule has 3 nitrogen and oxygen atoms in total. The van der Waals surface area contributed by atoms with Gasteiger partial charge in [-0.25, -0.2) is 4.98 Å². The Morgan fingerprint density at radius 3 is 2.56 bits per heavy atom. The van der Waals surface area contributed by atoms with E-state index in [-0.39, 0.29) is 0 Å². The third kappa shape index (κ3) is 2.55. The normalized spacial score (nSPS) is 12.4. The lowest BCUT2D eigenvalue weighted by molar-refractivity contribution is 0.571. The van der Waals surface area contributed by atoms with Crippen LogP contribution in [0.3, 0.4) is 0 Å². The molecule has 0 amide bonds. The molecule has 1 aromatic carbocycles. The van der Waals surface area contributed by atoms with Crippen molar-refractivity contribution in [3.63, 3.8) is 0 Å². The van der Waals surface area contributed by atoms with Crippen molar-refractivity contribution >= 4 is 5.95 Å².